The average molecular weight is 363 g/mol. The molecule has 0 spiro atoms. The van der Waals surface area contributed by atoms with Gasteiger partial charge in [-0.05, 0) is 44.6 Å². The molecule has 1 saturated heterocycles. The quantitative estimate of drug-likeness (QED) is 0.845. The van der Waals surface area contributed by atoms with Crippen LogP contribution in [0, 0.1) is 17.7 Å². The van der Waals surface area contributed by atoms with Crippen molar-refractivity contribution in [2.75, 3.05) is 33.7 Å². The van der Waals surface area contributed by atoms with Gasteiger partial charge >= 0.3 is 0 Å². The van der Waals surface area contributed by atoms with Crippen LogP contribution in [0.25, 0.3) is 0 Å². The molecule has 1 aliphatic rings. The lowest BCUT2D eigenvalue weighted by Crippen LogP contribution is -2.47. The third kappa shape index (κ3) is 5.27. The molecule has 0 unspecified atom stereocenters. The highest BCUT2D eigenvalue weighted by molar-refractivity contribution is 5.82. The lowest BCUT2D eigenvalue weighted by Gasteiger charge is -2.33. The molecule has 0 aliphatic carbocycles. The molecule has 1 aromatic rings. The van der Waals surface area contributed by atoms with E-state index in [-0.39, 0.29) is 35.5 Å². The summed E-state index contributed by atoms with van der Waals surface area (Å²) in [5, 5.41) is 3.00. The van der Waals surface area contributed by atoms with Crippen molar-refractivity contribution < 1.29 is 14.0 Å². The molecule has 1 aromatic carbocycles. The van der Waals surface area contributed by atoms with Crippen LogP contribution in [-0.2, 0) is 9.59 Å². The number of likely N-dealkylation sites (N-methyl/N-ethyl adjacent to an activating group) is 1. The molecule has 0 radical (unpaired) electrons. The minimum absolute atomic E-state index is 0.0329. The summed E-state index contributed by atoms with van der Waals surface area (Å²) < 4.78 is 13.5. The first-order valence-electron chi connectivity index (χ1n) is 9.28. The van der Waals surface area contributed by atoms with Crippen molar-refractivity contribution in [2.24, 2.45) is 11.8 Å². The van der Waals surface area contributed by atoms with E-state index in [4.69, 9.17) is 0 Å². The van der Waals surface area contributed by atoms with Gasteiger partial charge in [0, 0.05) is 25.6 Å². The molecule has 1 N–H and O–H groups in total. The highest BCUT2D eigenvalue weighted by Crippen LogP contribution is 2.21. The highest BCUT2D eigenvalue weighted by Gasteiger charge is 2.29. The van der Waals surface area contributed by atoms with Gasteiger partial charge in [-0.15, -0.1) is 0 Å². The van der Waals surface area contributed by atoms with Gasteiger partial charge in [-0.3, -0.25) is 9.59 Å². The summed E-state index contributed by atoms with van der Waals surface area (Å²) in [6.45, 7) is 5.38. The topological polar surface area (TPSA) is 52.7 Å². The molecule has 26 heavy (non-hydrogen) atoms. The van der Waals surface area contributed by atoms with Crippen molar-refractivity contribution in [3.63, 3.8) is 0 Å². The monoisotopic (exact) mass is 363 g/mol. The summed E-state index contributed by atoms with van der Waals surface area (Å²) >= 11 is 0. The molecule has 2 rings (SSSR count). The Kier molecular flexibility index (Phi) is 7.14. The summed E-state index contributed by atoms with van der Waals surface area (Å²) in [7, 11) is 3.82. The first-order chi connectivity index (χ1) is 12.3. The Labute approximate surface area is 155 Å². The Morgan fingerprint density at radius 1 is 1.35 bits per heavy atom. The molecule has 6 heteroatoms. The fourth-order valence-electron chi connectivity index (χ4n) is 3.41. The number of amides is 2. The number of nitrogens with zero attached hydrogens (tertiary/aromatic N) is 2. The van der Waals surface area contributed by atoms with Gasteiger partial charge in [0.05, 0.1) is 12.0 Å². The number of carbonyl (C=O) groups excluding carboxylic acids is 2. The summed E-state index contributed by atoms with van der Waals surface area (Å²) in [5.41, 5.74) is 0.829. The Balaban J connectivity index is 1.96. The summed E-state index contributed by atoms with van der Waals surface area (Å²) in [5.74, 6) is -0.441. The molecular weight excluding hydrogens is 333 g/mol. The SMILES string of the molecule is CC(C)C(=O)N1CCC[C@H](C(=O)NC[C@H](c2cccc(F)c2)N(C)C)C1. The molecule has 1 fully saturated rings. The Hall–Kier alpha value is -1.95. The number of hydrogen-bond acceptors (Lipinski definition) is 3. The van der Waals surface area contributed by atoms with Crippen LogP contribution < -0.4 is 5.32 Å². The van der Waals surface area contributed by atoms with Gasteiger partial charge in [0.25, 0.3) is 0 Å². The second-order valence-electron chi connectivity index (χ2n) is 7.56. The molecule has 5 nitrogen and oxygen atoms in total. The molecular formula is C20H30FN3O2. The minimum Gasteiger partial charge on any atom is -0.354 e. The van der Waals surface area contributed by atoms with E-state index in [0.29, 0.717) is 13.1 Å². The predicted octanol–water partition coefficient (Wildman–Crippen LogP) is 2.44. The first kappa shape index (κ1) is 20.4. The smallest absolute Gasteiger partial charge is 0.225 e. The maximum absolute atomic E-state index is 13.5. The van der Waals surface area contributed by atoms with E-state index >= 15 is 0 Å². The van der Waals surface area contributed by atoms with Crippen LogP contribution in [0.4, 0.5) is 4.39 Å². The van der Waals surface area contributed by atoms with Gasteiger partial charge < -0.3 is 15.1 Å². The molecule has 0 aromatic heterocycles. The van der Waals surface area contributed by atoms with E-state index < -0.39 is 0 Å². The zero-order chi connectivity index (χ0) is 19.3. The van der Waals surface area contributed by atoms with E-state index in [1.54, 1.807) is 11.0 Å². The van der Waals surface area contributed by atoms with E-state index in [0.717, 1.165) is 24.9 Å². The van der Waals surface area contributed by atoms with Crippen LogP contribution in [0.5, 0.6) is 0 Å². The minimum atomic E-state index is -0.282. The van der Waals surface area contributed by atoms with Crippen molar-refractivity contribution >= 4 is 11.8 Å². The zero-order valence-corrected chi connectivity index (χ0v) is 16.2. The summed E-state index contributed by atoms with van der Waals surface area (Å²) in [6.07, 6.45) is 1.64. The second-order valence-corrected chi connectivity index (χ2v) is 7.56. The molecule has 1 heterocycles. The average Bonchev–Trinajstić information content (AvgIpc) is 2.61. The largest absolute Gasteiger partial charge is 0.354 e. The van der Waals surface area contributed by atoms with Crippen molar-refractivity contribution in [2.45, 2.75) is 32.7 Å². The van der Waals surface area contributed by atoms with Crippen LogP contribution in [0.1, 0.15) is 38.3 Å². The van der Waals surface area contributed by atoms with Crippen LogP contribution in [0.2, 0.25) is 0 Å². The van der Waals surface area contributed by atoms with E-state index in [1.807, 2.05) is 38.9 Å². The maximum atomic E-state index is 13.5. The van der Waals surface area contributed by atoms with Crippen LogP contribution in [0.15, 0.2) is 24.3 Å². The van der Waals surface area contributed by atoms with Crippen molar-refractivity contribution in [3.05, 3.63) is 35.6 Å². The summed E-state index contributed by atoms with van der Waals surface area (Å²) in [4.78, 5) is 28.6. The number of nitrogens with one attached hydrogen (secondary N) is 1. The van der Waals surface area contributed by atoms with Gasteiger partial charge in [-0.25, -0.2) is 4.39 Å². The molecule has 2 amide bonds. The fourth-order valence-corrected chi connectivity index (χ4v) is 3.41. The number of piperidine rings is 1. The maximum Gasteiger partial charge on any atom is 0.225 e. The Morgan fingerprint density at radius 3 is 2.69 bits per heavy atom. The number of carbonyl (C=O) groups is 2. The van der Waals surface area contributed by atoms with Gasteiger partial charge in [-0.2, -0.15) is 0 Å². The lowest BCUT2D eigenvalue weighted by atomic mass is 9.95. The third-order valence-electron chi connectivity index (χ3n) is 4.92. The van der Waals surface area contributed by atoms with Crippen LogP contribution in [0.3, 0.4) is 0 Å². The standard InChI is InChI=1S/C20H30FN3O2/c1-14(2)20(26)24-10-6-8-16(13-24)19(25)22-12-18(23(3)4)15-7-5-9-17(21)11-15/h5,7,9,11,14,16,18H,6,8,10,12-13H2,1-4H3,(H,22,25)/t16-,18+/m0/s1. The number of benzene rings is 1. The zero-order valence-electron chi connectivity index (χ0n) is 16.2. The molecule has 0 bridgehead atoms. The Bertz CT molecular complexity index is 633. The molecule has 2 atom stereocenters. The number of rotatable bonds is 6. The van der Waals surface area contributed by atoms with Gasteiger partial charge in [0.2, 0.25) is 11.8 Å². The highest BCUT2D eigenvalue weighted by atomic mass is 19.1. The molecule has 144 valence electrons. The van der Waals surface area contributed by atoms with Crippen molar-refractivity contribution in [3.8, 4) is 0 Å². The van der Waals surface area contributed by atoms with Crippen LogP contribution in [-0.4, -0.2) is 55.3 Å². The van der Waals surface area contributed by atoms with Crippen molar-refractivity contribution in [1.82, 2.24) is 15.1 Å². The van der Waals surface area contributed by atoms with E-state index in [2.05, 4.69) is 5.32 Å². The predicted molar refractivity (Wildman–Crippen MR) is 100.0 cm³/mol. The van der Waals surface area contributed by atoms with Gasteiger partial charge in [-0.1, -0.05) is 26.0 Å². The molecule has 1 aliphatic heterocycles. The lowest BCUT2D eigenvalue weighted by molar-refractivity contribution is -0.138. The van der Waals surface area contributed by atoms with Crippen molar-refractivity contribution in [1.29, 1.82) is 0 Å². The number of hydrogen-bond donors (Lipinski definition) is 1. The fraction of sp³-hybridized carbons (Fsp3) is 0.600. The van der Waals surface area contributed by atoms with Gasteiger partial charge in [0.1, 0.15) is 5.82 Å². The first-order valence-corrected chi connectivity index (χ1v) is 9.28. The number of halogens is 1. The third-order valence-corrected chi connectivity index (χ3v) is 4.92. The van der Waals surface area contributed by atoms with Crippen LogP contribution >= 0.6 is 0 Å². The Morgan fingerprint density at radius 2 is 2.08 bits per heavy atom. The van der Waals surface area contributed by atoms with Gasteiger partial charge in [0.15, 0.2) is 0 Å². The second kappa shape index (κ2) is 9.12. The molecule has 0 saturated carbocycles. The number of likely N-dealkylation sites (tertiary alicyclic amines) is 1. The van der Waals surface area contributed by atoms with E-state index in [9.17, 15) is 14.0 Å². The van der Waals surface area contributed by atoms with E-state index in [1.165, 1.54) is 12.1 Å². The normalized spacial score (nSPS) is 18.9. The summed E-state index contributed by atoms with van der Waals surface area (Å²) in [6, 6.07) is 6.35.